The van der Waals surface area contributed by atoms with Crippen LogP contribution in [0, 0.1) is 50.2 Å². The van der Waals surface area contributed by atoms with Gasteiger partial charge in [-0.2, -0.15) is 0 Å². The summed E-state index contributed by atoms with van der Waals surface area (Å²) in [6.07, 6.45) is -5.35. The summed E-state index contributed by atoms with van der Waals surface area (Å²) >= 11 is 0. The van der Waals surface area contributed by atoms with E-state index in [4.69, 9.17) is 9.47 Å². The normalized spacial score (nSPS) is 54.4. The van der Waals surface area contributed by atoms with Gasteiger partial charge in [0.2, 0.25) is 6.29 Å². The number of ether oxygens (including phenoxy) is 2. The average molecular weight is 681 g/mol. The first kappa shape index (κ1) is 36.2. The zero-order chi connectivity index (χ0) is 35.6. The maximum atomic E-state index is 14.4. The Hall–Kier alpha value is -1.64. The van der Waals surface area contributed by atoms with Gasteiger partial charge < -0.3 is 50.3 Å². The molecule has 0 radical (unpaired) electrons. The Morgan fingerprint density at radius 2 is 1.50 bits per heavy atom. The molecule has 0 aromatic heterocycles. The summed E-state index contributed by atoms with van der Waals surface area (Å²) in [5.41, 5.74) is -3.75. The molecule has 0 unspecified atom stereocenters. The van der Waals surface area contributed by atoms with Gasteiger partial charge in [0.25, 0.3) is 0 Å². The second kappa shape index (κ2) is 11.4. The molecule has 1 aliphatic heterocycles. The molecular weight excluding hydrogens is 624 g/mol. The highest BCUT2D eigenvalue weighted by atomic mass is 16.7. The van der Waals surface area contributed by atoms with Gasteiger partial charge in [0.1, 0.15) is 24.4 Å². The van der Waals surface area contributed by atoms with Crippen LogP contribution in [0.3, 0.4) is 0 Å². The Morgan fingerprint density at radius 1 is 0.854 bits per heavy atom. The number of aliphatic hydroxyl groups is 7. The number of carboxylic acid groups (broad SMARTS) is 1. The van der Waals surface area contributed by atoms with Crippen molar-refractivity contribution in [3.05, 3.63) is 11.6 Å². The van der Waals surface area contributed by atoms with Crippen molar-refractivity contribution in [1.29, 1.82) is 0 Å². The molecule has 6 rings (SSSR count). The predicted molar refractivity (Wildman–Crippen MR) is 170 cm³/mol. The molecule has 12 nitrogen and oxygen atoms in total. The summed E-state index contributed by atoms with van der Waals surface area (Å²) in [6, 6.07) is 0. The molecule has 1 heterocycles. The van der Waals surface area contributed by atoms with Crippen molar-refractivity contribution < 1.29 is 59.9 Å². The first-order valence-electron chi connectivity index (χ1n) is 17.7. The largest absolute Gasteiger partial charge is 0.481 e. The molecule has 8 N–H and O–H groups in total. The number of esters is 1. The van der Waals surface area contributed by atoms with Crippen molar-refractivity contribution in [1.82, 2.24) is 0 Å². The summed E-state index contributed by atoms with van der Waals surface area (Å²) < 4.78 is 11.4. The van der Waals surface area contributed by atoms with Gasteiger partial charge in [-0.25, -0.2) is 0 Å². The first-order chi connectivity index (χ1) is 22.2. The minimum Gasteiger partial charge on any atom is -0.481 e. The number of carbonyl (C=O) groups excluding carboxylic acids is 1. The molecule has 0 bridgehead atoms. The second-order valence-electron chi connectivity index (χ2n) is 17.8. The fourth-order valence-corrected chi connectivity index (χ4v) is 12.1. The summed E-state index contributed by atoms with van der Waals surface area (Å²) in [6.45, 7) is 11.4. The summed E-state index contributed by atoms with van der Waals surface area (Å²) in [5.74, 6) is -2.82. The molecule has 6 aliphatic rings. The standard InChI is InChI=1S/C36H56O12/c1-31(2)11-13-36(30(46)48-28-25(41)24(40)23(39)19(16-37)47-28)14-12-33(4)17(22(36)27(31)43)7-8-20-32(3)15-18(38)26(42)35(6,29(44)45)21(32)9-10-34(20,33)5/h7,18-28,37-43H,8-16H2,1-6H3,(H,44,45)/t18-,19-,20+,21-,22-,23-,24+,25-,26+,27+,28+,32-,33-,34-,35-,36+/m1/s1. The van der Waals surface area contributed by atoms with Gasteiger partial charge in [-0.1, -0.05) is 46.3 Å². The van der Waals surface area contributed by atoms with E-state index < -0.39 is 106 Å². The van der Waals surface area contributed by atoms with E-state index in [1.54, 1.807) is 6.92 Å². The number of carbonyl (C=O) groups is 2. The molecule has 0 amide bonds. The quantitative estimate of drug-likeness (QED) is 0.157. The van der Waals surface area contributed by atoms with Crippen molar-refractivity contribution >= 4 is 11.9 Å². The number of hydrogen-bond acceptors (Lipinski definition) is 11. The Balaban J connectivity index is 1.40. The highest BCUT2D eigenvalue weighted by Crippen LogP contribution is 2.76. The van der Waals surface area contributed by atoms with E-state index in [0.29, 0.717) is 44.9 Å². The number of allylic oxidation sites excluding steroid dienone is 1. The Kier molecular flexibility index (Phi) is 8.61. The molecule has 0 aromatic rings. The van der Waals surface area contributed by atoms with E-state index in [1.165, 1.54) is 0 Å². The van der Waals surface area contributed by atoms with E-state index >= 15 is 0 Å². The highest BCUT2D eigenvalue weighted by molar-refractivity contribution is 5.79. The van der Waals surface area contributed by atoms with Crippen LogP contribution < -0.4 is 0 Å². The van der Waals surface area contributed by atoms with Crippen LogP contribution in [0.25, 0.3) is 0 Å². The number of hydrogen-bond donors (Lipinski definition) is 8. The maximum absolute atomic E-state index is 14.4. The van der Waals surface area contributed by atoms with E-state index in [1.807, 2.05) is 13.8 Å². The molecule has 0 spiro atoms. The molecule has 1 saturated heterocycles. The molecule has 16 atom stereocenters. The van der Waals surface area contributed by atoms with Gasteiger partial charge in [-0.15, -0.1) is 0 Å². The number of aliphatic carboxylic acids is 1. The van der Waals surface area contributed by atoms with Crippen LogP contribution in [0.5, 0.6) is 0 Å². The van der Waals surface area contributed by atoms with Crippen LogP contribution in [0.2, 0.25) is 0 Å². The fourth-order valence-electron chi connectivity index (χ4n) is 12.1. The number of rotatable bonds is 4. The number of aliphatic hydroxyl groups excluding tert-OH is 7. The molecular formula is C36H56O12. The van der Waals surface area contributed by atoms with Crippen molar-refractivity contribution in [3.8, 4) is 0 Å². The summed E-state index contributed by atoms with van der Waals surface area (Å²) in [7, 11) is 0. The van der Waals surface area contributed by atoms with Crippen LogP contribution in [0.1, 0.15) is 92.9 Å². The number of carboxylic acids is 1. The highest BCUT2D eigenvalue weighted by Gasteiger charge is 2.73. The van der Waals surface area contributed by atoms with Crippen LogP contribution >= 0.6 is 0 Å². The fraction of sp³-hybridized carbons (Fsp3) is 0.889. The lowest BCUT2D eigenvalue weighted by atomic mass is 9.33. The van der Waals surface area contributed by atoms with Gasteiger partial charge in [0, 0.05) is 5.92 Å². The Labute approximate surface area is 282 Å². The minimum absolute atomic E-state index is 0.0411. The predicted octanol–water partition coefficient (Wildman–Crippen LogP) is 1.50. The third-order valence-corrected chi connectivity index (χ3v) is 15.4. The third kappa shape index (κ3) is 4.55. The van der Waals surface area contributed by atoms with E-state index in [0.717, 1.165) is 5.57 Å². The lowest BCUT2D eigenvalue weighted by Gasteiger charge is -2.71. The third-order valence-electron chi connectivity index (χ3n) is 15.4. The number of fused-ring (bicyclic) bond motifs is 7. The Morgan fingerprint density at radius 3 is 2.12 bits per heavy atom. The monoisotopic (exact) mass is 680 g/mol. The zero-order valence-electron chi connectivity index (χ0n) is 29.0. The van der Waals surface area contributed by atoms with Gasteiger partial charge in [0.15, 0.2) is 0 Å². The van der Waals surface area contributed by atoms with E-state index in [2.05, 4.69) is 26.8 Å². The van der Waals surface area contributed by atoms with Gasteiger partial charge in [-0.05, 0) is 91.8 Å². The first-order valence-corrected chi connectivity index (χ1v) is 17.7. The average Bonchev–Trinajstić information content (AvgIpc) is 3.02. The smallest absolute Gasteiger partial charge is 0.315 e. The van der Waals surface area contributed by atoms with Crippen molar-refractivity contribution in [3.63, 3.8) is 0 Å². The van der Waals surface area contributed by atoms with Crippen LogP contribution in [-0.4, -0.2) is 108 Å². The molecule has 5 fully saturated rings. The van der Waals surface area contributed by atoms with E-state index in [-0.39, 0.29) is 18.3 Å². The molecule has 4 saturated carbocycles. The lowest BCUT2D eigenvalue weighted by Crippen LogP contribution is -2.69. The lowest BCUT2D eigenvalue weighted by molar-refractivity contribution is -0.298. The van der Waals surface area contributed by atoms with Gasteiger partial charge in [0.05, 0.1) is 35.7 Å². The zero-order valence-corrected chi connectivity index (χ0v) is 29.0. The van der Waals surface area contributed by atoms with Crippen LogP contribution in [0.4, 0.5) is 0 Å². The van der Waals surface area contributed by atoms with Gasteiger partial charge in [-0.3, -0.25) is 9.59 Å². The van der Waals surface area contributed by atoms with Crippen molar-refractivity contribution in [2.75, 3.05) is 6.61 Å². The van der Waals surface area contributed by atoms with Crippen LogP contribution in [-0.2, 0) is 19.1 Å². The molecule has 5 aliphatic carbocycles. The topological polar surface area (TPSA) is 214 Å². The van der Waals surface area contributed by atoms with Crippen molar-refractivity contribution in [2.24, 2.45) is 50.2 Å². The molecule has 0 aromatic carbocycles. The van der Waals surface area contributed by atoms with Gasteiger partial charge >= 0.3 is 11.9 Å². The minimum atomic E-state index is -1.74. The Bertz CT molecular complexity index is 1350. The summed E-state index contributed by atoms with van der Waals surface area (Å²) in [4.78, 5) is 27.2. The van der Waals surface area contributed by atoms with Crippen molar-refractivity contribution in [2.45, 2.75) is 142 Å². The maximum Gasteiger partial charge on any atom is 0.315 e. The molecule has 12 heteroatoms. The second-order valence-corrected chi connectivity index (χ2v) is 17.8. The van der Waals surface area contributed by atoms with E-state index in [9.17, 15) is 50.4 Å². The summed E-state index contributed by atoms with van der Waals surface area (Å²) in [5, 5.41) is 85.7. The SMILES string of the molecule is CC1(C)CC[C@]2(C(=O)O[C@@H]3O[C@H](CO)[C@@H](O)[C@H](O)[C@H]3O)CC[C@]3(C)C(=CC[C@H]4[C@@]5(C)C[C@@H](O)[C@H](O)[C@](C)(C(=O)O)[C@@H]5CC[C@]43C)[C@@H]2[C@@H]1O. The molecule has 272 valence electrons. The van der Waals surface area contributed by atoms with Crippen LogP contribution in [0.15, 0.2) is 11.6 Å². The molecule has 48 heavy (non-hydrogen) atoms.